The quantitative estimate of drug-likeness (QED) is 0.609. The zero-order valence-electron chi connectivity index (χ0n) is 17.5. The number of carbonyl (C=O) groups is 1. The van der Waals surface area contributed by atoms with Gasteiger partial charge in [0.2, 0.25) is 15.9 Å². The third kappa shape index (κ3) is 4.15. The van der Waals surface area contributed by atoms with E-state index in [2.05, 4.69) is 5.32 Å². The molecule has 1 aromatic heterocycles. The molecule has 0 spiro atoms. The van der Waals surface area contributed by atoms with Crippen LogP contribution in [-0.2, 0) is 27.9 Å². The molecule has 1 aliphatic heterocycles. The van der Waals surface area contributed by atoms with E-state index in [4.69, 9.17) is 0 Å². The van der Waals surface area contributed by atoms with Crippen molar-refractivity contribution in [2.75, 3.05) is 18.4 Å². The molecule has 0 unspecified atom stereocenters. The summed E-state index contributed by atoms with van der Waals surface area (Å²) in [6.45, 7) is 3.76. The van der Waals surface area contributed by atoms with E-state index in [-0.39, 0.29) is 29.5 Å². The second-order valence-corrected chi connectivity index (χ2v) is 9.54. The summed E-state index contributed by atoms with van der Waals surface area (Å²) in [5.41, 5.74) is 1.92. The van der Waals surface area contributed by atoms with Crippen molar-refractivity contribution in [1.82, 2.24) is 13.4 Å². The van der Waals surface area contributed by atoms with Crippen LogP contribution in [0.15, 0.2) is 58.2 Å². The number of aryl methyl sites for hydroxylation is 2. The van der Waals surface area contributed by atoms with Gasteiger partial charge in [-0.3, -0.25) is 13.9 Å². The first-order valence-electron chi connectivity index (χ1n) is 10.5. The Morgan fingerprint density at radius 2 is 1.68 bits per heavy atom. The fourth-order valence-corrected chi connectivity index (χ4v) is 5.61. The molecule has 0 atom stereocenters. The first kappa shape index (κ1) is 21.3. The molecule has 0 radical (unpaired) electrons. The molecule has 4 rings (SSSR count). The van der Waals surface area contributed by atoms with Crippen molar-refractivity contribution >= 4 is 32.7 Å². The fourth-order valence-electron chi connectivity index (χ4n) is 4.04. The van der Waals surface area contributed by atoms with Crippen LogP contribution in [0.5, 0.6) is 0 Å². The van der Waals surface area contributed by atoms with E-state index < -0.39 is 10.0 Å². The summed E-state index contributed by atoms with van der Waals surface area (Å²) in [4.78, 5) is 25.4. The lowest BCUT2D eigenvalue weighted by atomic mass is 10.3. The number of aromatic nitrogens is 2. The Morgan fingerprint density at radius 3 is 2.35 bits per heavy atom. The Kier molecular flexibility index (Phi) is 5.97. The van der Waals surface area contributed by atoms with Crippen molar-refractivity contribution in [3.63, 3.8) is 0 Å². The maximum atomic E-state index is 12.7. The Balaban J connectivity index is 1.48. The molecule has 164 valence electrons. The number of anilines is 1. The molecular weight excluding hydrogens is 416 g/mol. The number of para-hydroxylation sites is 2. The van der Waals surface area contributed by atoms with Gasteiger partial charge >= 0.3 is 5.69 Å². The van der Waals surface area contributed by atoms with Crippen molar-refractivity contribution in [1.29, 1.82) is 0 Å². The van der Waals surface area contributed by atoms with Crippen LogP contribution < -0.4 is 11.0 Å². The molecule has 1 N–H and O–H groups in total. The molecule has 2 aromatic carbocycles. The van der Waals surface area contributed by atoms with E-state index >= 15 is 0 Å². The van der Waals surface area contributed by atoms with Crippen molar-refractivity contribution in [3.05, 3.63) is 59.0 Å². The number of hydrogen-bond acceptors (Lipinski definition) is 4. The van der Waals surface area contributed by atoms with Crippen LogP contribution in [0.1, 0.15) is 26.2 Å². The zero-order valence-corrected chi connectivity index (χ0v) is 18.3. The number of hydrogen-bond donors (Lipinski definition) is 1. The van der Waals surface area contributed by atoms with E-state index in [0.29, 0.717) is 25.3 Å². The minimum Gasteiger partial charge on any atom is -0.326 e. The number of benzene rings is 2. The lowest BCUT2D eigenvalue weighted by molar-refractivity contribution is -0.116. The van der Waals surface area contributed by atoms with Crippen molar-refractivity contribution in [2.24, 2.45) is 0 Å². The monoisotopic (exact) mass is 442 g/mol. The van der Waals surface area contributed by atoms with Crippen molar-refractivity contribution in [3.8, 4) is 0 Å². The highest BCUT2D eigenvalue weighted by molar-refractivity contribution is 7.89. The number of nitrogens with zero attached hydrogens (tertiary/aromatic N) is 3. The predicted octanol–water partition coefficient (Wildman–Crippen LogP) is 2.64. The molecule has 1 saturated heterocycles. The highest BCUT2D eigenvalue weighted by Gasteiger charge is 2.27. The molecule has 1 fully saturated rings. The molecule has 1 amide bonds. The summed E-state index contributed by atoms with van der Waals surface area (Å²) >= 11 is 0. The van der Waals surface area contributed by atoms with Gasteiger partial charge in [0.05, 0.1) is 15.9 Å². The van der Waals surface area contributed by atoms with E-state index in [1.54, 1.807) is 27.3 Å². The molecule has 2 heterocycles. The van der Waals surface area contributed by atoms with Crippen LogP contribution >= 0.6 is 0 Å². The Hall–Kier alpha value is -2.91. The largest absolute Gasteiger partial charge is 0.329 e. The molecule has 3 aromatic rings. The van der Waals surface area contributed by atoms with Crippen molar-refractivity contribution < 1.29 is 13.2 Å². The number of carbonyl (C=O) groups excluding carboxylic acids is 1. The number of amides is 1. The van der Waals surface area contributed by atoms with E-state index in [9.17, 15) is 18.0 Å². The topological polar surface area (TPSA) is 93.4 Å². The maximum absolute atomic E-state index is 12.7. The summed E-state index contributed by atoms with van der Waals surface area (Å²) in [7, 11) is -3.55. The highest BCUT2D eigenvalue weighted by atomic mass is 32.2. The van der Waals surface area contributed by atoms with Gasteiger partial charge in [-0.15, -0.1) is 0 Å². The van der Waals surface area contributed by atoms with Gasteiger partial charge in [-0.2, -0.15) is 4.31 Å². The first-order chi connectivity index (χ1) is 14.9. The normalized spacial score (nSPS) is 14.9. The molecule has 0 saturated carbocycles. The number of fused-ring (bicyclic) bond motifs is 1. The van der Waals surface area contributed by atoms with Crippen LogP contribution in [0.25, 0.3) is 11.0 Å². The average Bonchev–Trinajstić information content (AvgIpc) is 3.39. The molecule has 8 nitrogen and oxygen atoms in total. The summed E-state index contributed by atoms with van der Waals surface area (Å²) in [5, 5.41) is 2.76. The molecule has 0 bridgehead atoms. The van der Waals surface area contributed by atoms with Gasteiger partial charge in [0, 0.05) is 38.3 Å². The molecule has 0 aliphatic carbocycles. The standard InChI is InChI=1S/C22H26N4O4S/c1-2-25-19-10-3-4-11-20(19)26(22(25)28)15-12-21(27)23-17-8-7-9-18(16-17)31(29,30)24-13-5-6-14-24/h3-4,7-11,16H,2,5-6,12-15H2,1H3,(H,23,27). The maximum Gasteiger partial charge on any atom is 0.329 e. The third-order valence-corrected chi connectivity index (χ3v) is 7.52. The summed E-state index contributed by atoms with van der Waals surface area (Å²) in [6.07, 6.45) is 1.83. The molecule has 9 heteroatoms. The number of sulfonamides is 1. The van der Waals surface area contributed by atoms with Gasteiger partial charge in [-0.1, -0.05) is 18.2 Å². The van der Waals surface area contributed by atoms with Gasteiger partial charge in [0.25, 0.3) is 0 Å². The van der Waals surface area contributed by atoms with Crippen LogP contribution in [0.2, 0.25) is 0 Å². The lowest BCUT2D eigenvalue weighted by Gasteiger charge is -2.16. The fraction of sp³-hybridized carbons (Fsp3) is 0.364. The van der Waals surface area contributed by atoms with Gasteiger partial charge in [0.1, 0.15) is 0 Å². The van der Waals surface area contributed by atoms with Gasteiger partial charge in [-0.05, 0) is 50.1 Å². The molecular formula is C22H26N4O4S. The Morgan fingerprint density at radius 1 is 1.00 bits per heavy atom. The minimum absolute atomic E-state index is 0.0979. The Bertz CT molecular complexity index is 1270. The lowest BCUT2D eigenvalue weighted by Crippen LogP contribution is -2.28. The zero-order chi connectivity index (χ0) is 22.0. The summed E-state index contributed by atoms with van der Waals surface area (Å²) in [5.74, 6) is -0.282. The van der Waals surface area contributed by atoms with E-state index in [1.165, 1.54) is 10.4 Å². The third-order valence-electron chi connectivity index (χ3n) is 5.62. The second-order valence-electron chi connectivity index (χ2n) is 7.60. The van der Waals surface area contributed by atoms with Crippen LogP contribution in [0.4, 0.5) is 5.69 Å². The van der Waals surface area contributed by atoms with Crippen LogP contribution in [0.3, 0.4) is 0 Å². The van der Waals surface area contributed by atoms with Crippen LogP contribution in [0, 0.1) is 0 Å². The SMILES string of the molecule is CCn1c(=O)n(CCC(=O)Nc2cccc(S(=O)(=O)N3CCCC3)c2)c2ccccc21. The Labute approximate surface area is 181 Å². The summed E-state index contributed by atoms with van der Waals surface area (Å²) < 4.78 is 30.3. The smallest absolute Gasteiger partial charge is 0.326 e. The number of imidazole rings is 1. The predicted molar refractivity (Wildman–Crippen MR) is 120 cm³/mol. The number of nitrogens with one attached hydrogen (secondary N) is 1. The van der Waals surface area contributed by atoms with E-state index in [1.807, 2.05) is 31.2 Å². The average molecular weight is 443 g/mol. The van der Waals surface area contributed by atoms with Gasteiger partial charge in [-0.25, -0.2) is 13.2 Å². The van der Waals surface area contributed by atoms with Crippen molar-refractivity contribution in [2.45, 2.75) is 44.2 Å². The molecule has 31 heavy (non-hydrogen) atoms. The number of rotatable bonds is 7. The highest BCUT2D eigenvalue weighted by Crippen LogP contribution is 2.23. The molecule has 1 aliphatic rings. The van der Waals surface area contributed by atoms with Crippen LogP contribution in [-0.4, -0.2) is 40.9 Å². The summed E-state index contributed by atoms with van der Waals surface area (Å²) in [6, 6.07) is 13.8. The van der Waals surface area contributed by atoms with E-state index in [0.717, 1.165) is 23.9 Å². The van der Waals surface area contributed by atoms with Gasteiger partial charge in [0.15, 0.2) is 0 Å². The van der Waals surface area contributed by atoms with Gasteiger partial charge < -0.3 is 5.32 Å². The second kappa shape index (κ2) is 8.68. The minimum atomic E-state index is -3.55. The first-order valence-corrected chi connectivity index (χ1v) is 11.9.